The van der Waals surface area contributed by atoms with Crippen LogP contribution in [-0.4, -0.2) is 80.5 Å². The Bertz CT molecular complexity index is 1050. The molecule has 0 spiro atoms. The summed E-state index contributed by atoms with van der Waals surface area (Å²) in [6.45, 7) is 10.7. The van der Waals surface area contributed by atoms with Crippen LogP contribution in [0.25, 0.3) is 0 Å². The fraction of sp³-hybridized carbons (Fsp3) is 0.500. The van der Waals surface area contributed by atoms with E-state index in [9.17, 15) is 4.39 Å². The summed E-state index contributed by atoms with van der Waals surface area (Å²) in [6, 6.07) is 3.72. The highest BCUT2D eigenvalue weighted by Crippen LogP contribution is 2.42. The molecule has 1 saturated heterocycles. The number of benzene rings is 1. The summed E-state index contributed by atoms with van der Waals surface area (Å²) < 4.78 is 35.4. The number of alkyl halides is 2. The Morgan fingerprint density at radius 2 is 1.95 bits per heavy atom. The van der Waals surface area contributed by atoms with E-state index < -0.39 is 6.67 Å². The summed E-state index contributed by atoms with van der Waals surface area (Å²) in [4.78, 5) is 11.0. The third-order valence-electron chi connectivity index (χ3n) is 5.69. The Kier molecular flexibility index (Phi) is 15.0. The number of nitrogens with zero attached hydrogens (tertiary/aromatic N) is 3. The smallest absolute Gasteiger partial charge is 0.248 e. The molecule has 2 N–H and O–H groups in total. The Balaban J connectivity index is 0.00000127. The number of ether oxygens (including phenoxy) is 4. The molecule has 2 aliphatic heterocycles. The molecular formula is C28H41ClFN5O4. The van der Waals surface area contributed by atoms with Crippen molar-refractivity contribution in [2.24, 2.45) is 0 Å². The summed E-state index contributed by atoms with van der Waals surface area (Å²) in [5, 5.41) is 6.71. The lowest BCUT2D eigenvalue weighted by Crippen LogP contribution is -2.38. The third kappa shape index (κ3) is 9.87. The van der Waals surface area contributed by atoms with Crippen molar-refractivity contribution in [2.75, 3.05) is 70.3 Å². The zero-order valence-corrected chi connectivity index (χ0v) is 24.3. The highest BCUT2D eigenvalue weighted by atomic mass is 35.5. The lowest BCUT2D eigenvalue weighted by atomic mass is 10.1. The fourth-order valence-corrected chi connectivity index (χ4v) is 3.83. The van der Waals surface area contributed by atoms with Gasteiger partial charge in [-0.3, -0.25) is 4.90 Å². The van der Waals surface area contributed by atoms with Crippen molar-refractivity contribution in [1.29, 1.82) is 0 Å². The fourth-order valence-electron chi connectivity index (χ4n) is 3.83. The lowest BCUT2D eigenvalue weighted by molar-refractivity contribution is 0.0321. The van der Waals surface area contributed by atoms with Gasteiger partial charge in [-0.1, -0.05) is 38.2 Å². The molecule has 2 aromatic rings. The Hall–Kier alpha value is -3.08. The first-order valence-corrected chi connectivity index (χ1v) is 13.9. The van der Waals surface area contributed by atoms with Gasteiger partial charge >= 0.3 is 0 Å². The monoisotopic (exact) mass is 565 g/mol. The van der Waals surface area contributed by atoms with Crippen molar-refractivity contribution < 1.29 is 23.3 Å². The number of hydrogen-bond donors (Lipinski definition) is 2. The molecule has 1 aromatic carbocycles. The number of rotatable bonds is 10. The second-order valence-corrected chi connectivity index (χ2v) is 8.17. The van der Waals surface area contributed by atoms with Crippen LogP contribution in [-0.2, 0) is 11.3 Å². The van der Waals surface area contributed by atoms with Crippen molar-refractivity contribution in [3.8, 4) is 23.1 Å². The topological polar surface area (TPSA) is 90.0 Å². The van der Waals surface area contributed by atoms with Crippen molar-refractivity contribution in [3.05, 3.63) is 48.3 Å². The largest absolute Gasteiger partial charge is 0.493 e. The van der Waals surface area contributed by atoms with Crippen LogP contribution in [0, 0.1) is 0 Å². The number of morpholine rings is 1. The molecule has 0 amide bonds. The molecule has 1 fully saturated rings. The third-order valence-corrected chi connectivity index (χ3v) is 5.69. The molecule has 0 saturated carbocycles. The van der Waals surface area contributed by atoms with Crippen LogP contribution in [0.1, 0.15) is 26.3 Å². The van der Waals surface area contributed by atoms with Crippen molar-refractivity contribution in [1.82, 2.24) is 14.9 Å². The van der Waals surface area contributed by atoms with Crippen LogP contribution in [0.4, 0.5) is 15.9 Å². The lowest BCUT2D eigenvalue weighted by Gasteiger charge is -2.26. The average Bonchev–Trinajstić information content (AvgIpc) is 3.17. The number of anilines is 2. The zero-order valence-electron chi connectivity index (χ0n) is 23.5. The van der Waals surface area contributed by atoms with Gasteiger partial charge in [0.05, 0.1) is 20.3 Å². The van der Waals surface area contributed by atoms with Gasteiger partial charge in [-0.25, -0.2) is 9.37 Å². The van der Waals surface area contributed by atoms with Crippen LogP contribution in [0.15, 0.2) is 42.8 Å². The molecule has 1 aromatic heterocycles. The molecule has 1 unspecified atom stereocenters. The Labute approximate surface area is 236 Å². The summed E-state index contributed by atoms with van der Waals surface area (Å²) in [7, 11) is 1.61. The van der Waals surface area contributed by atoms with E-state index >= 15 is 0 Å². The van der Waals surface area contributed by atoms with Gasteiger partial charge in [-0.15, -0.1) is 11.6 Å². The van der Waals surface area contributed by atoms with Gasteiger partial charge in [0.1, 0.15) is 31.0 Å². The average molecular weight is 566 g/mol. The van der Waals surface area contributed by atoms with Crippen LogP contribution in [0.5, 0.6) is 23.1 Å². The van der Waals surface area contributed by atoms with E-state index in [1.165, 1.54) is 18.8 Å². The minimum absolute atomic E-state index is 0.0442. The second kappa shape index (κ2) is 18.3. The van der Waals surface area contributed by atoms with E-state index in [-0.39, 0.29) is 6.04 Å². The number of halogens is 2. The van der Waals surface area contributed by atoms with E-state index in [0.29, 0.717) is 47.8 Å². The molecule has 0 bridgehead atoms. The molecule has 3 heterocycles. The summed E-state index contributed by atoms with van der Waals surface area (Å²) in [5.74, 6) is 2.94. The Morgan fingerprint density at radius 1 is 1.18 bits per heavy atom. The van der Waals surface area contributed by atoms with E-state index in [1.54, 1.807) is 19.3 Å². The molecule has 39 heavy (non-hydrogen) atoms. The maximum atomic E-state index is 12.2. The van der Waals surface area contributed by atoms with Crippen LogP contribution >= 0.6 is 11.6 Å². The van der Waals surface area contributed by atoms with Gasteiger partial charge < -0.3 is 29.6 Å². The first-order chi connectivity index (χ1) is 19.2. The molecule has 216 valence electrons. The number of hydrogen-bond acceptors (Lipinski definition) is 9. The van der Waals surface area contributed by atoms with Crippen LogP contribution < -0.4 is 24.8 Å². The second-order valence-electron chi connectivity index (χ2n) is 8.17. The quantitative estimate of drug-likeness (QED) is 0.279. The van der Waals surface area contributed by atoms with E-state index in [4.69, 9.17) is 18.9 Å². The van der Waals surface area contributed by atoms with Gasteiger partial charge in [0.25, 0.3) is 0 Å². The van der Waals surface area contributed by atoms with Crippen molar-refractivity contribution in [2.45, 2.75) is 33.4 Å². The zero-order chi connectivity index (χ0) is 28.5. The van der Waals surface area contributed by atoms with E-state index in [1.807, 2.05) is 39.0 Å². The number of fused-ring (bicyclic) bond motifs is 2. The standard InChI is InChI=1S/C25H32FN5O4.C2H6.CH3Cl/c1-18(6-4-3-5-7-26)30-24-23-25(29-17-28-24)35-20-15-21(32-2)22(14-19(20)16-27-23)34-13-10-31-8-11-33-12-9-31;2*1-2/h3-6,14-15,17-18,27H,7-13,16H2,1-2H3,(H,28,29,30);1-2H3;1H3/b5-3-,6-4-;;. The molecule has 2 aliphatic rings. The summed E-state index contributed by atoms with van der Waals surface area (Å²) in [6.07, 6.45) is 9.75. The van der Waals surface area contributed by atoms with Crippen LogP contribution in [0.3, 0.4) is 0 Å². The highest BCUT2D eigenvalue weighted by Gasteiger charge is 2.22. The predicted octanol–water partition coefficient (Wildman–Crippen LogP) is 5.68. The maximum Gasteiger partial charge on any atom is 0.248 e. The molecule has 0 aliphatic carbocycles. The number of aromatic nitrogens is 2. The van der Waals surface area contributed by atoms with Gasteiger partial charge in [-0.2, -0.15) is 4.98 Å². The Morgan fingerprint density at radius 3 is 2.67 bits per heavy atom. The minimum Gasteiger partial charge on any atom is -0.493 e. The number of methoxy groups -OCH3 is 1. The van der Waals surface area contributed by atoms with E-state index in [2.05, 4.69) is 37.1 Å². The van der Waals surface area contributed by atoms with Gasteiger partial charge in [0.2, 0.25) is 5.88 Å². The first-order valence-electron chi connectivity index (χ1n) is 13.1. The minimum atomic E-state index is -0.487. The normalized spacial score (nSPS) is 15.3. The molecule has 4 rings (SSSR count). The summed E-state index contributed by atoms with van der Waals surface area (Å²) >= 11 is 4.64. The maximum absolute atomic E-state index is 12.2. The molecule has 11 heteroatoms. The molecular weight excluding hydrogens is 525 g/mol. The highest BCUT2D eigenvalue weighted by molar-refractivity contribution is 6.15. The summed E-state index contributed by atoms with van der Waals surface area (Å²) in [5.41, 5.74) is 1.58. The van der Waals surface area contributed by atoms with E-state index in [0.717, 1.165) is 38.4 Å². The van der Waals surface area contributed by atoms with Crippen LogP contribution in [0.2, 0.25) is 0 Å². The molecule has 1 atom stereocenters. The van der Waals surface area contributed by atoms with Gasteiger partial charge in [-0.05, 0) is 13.0 Å². The molecule has 9 nitrogen and oxygen atoms in total. The SMILES string of the molecule is CC.CCl.COc1cc2c(cc1OCCN1CCOCC1)CNc1c(NC(C)/C=C\C=C/CF)ncnc1O2. The van der Waals surface area contributed by atoms with Crippen molar-refractivity contribution >= 4 is 23.1 Å². The first kappa shape index (κ1) is 32.1. The number of nitrogens with one attached hydrogen (secondary N) is 2. The van der Waals surface area contributed by atoms with Crippen molar-refractivity contribution in [3.63, 3.8) is 0 Å². The number of allylic oxidation sites excluding steroid dienone is 3. The van der Waals surface area contributed by atoms with Gasteiger partial charge in [0.15, 0.2) is 17.3 Å². The predicted molar refractivity (Wildman–Crippen MR) is 156 cm³/mol. The molecule has 0 radical (unpaired) electrons. The van der Waals surface area contributed by atoms with Gasteiger partial charge in [0, 0.05) is 50.2 Å².